The maximum Gasteiger partial charge on any atom is 0.0419 e. The Bertz CT molecular complexity index is 299. The topological polar surface area (TPSA) is 40.1 Å². The molecule has 0 heterocycles. The number of carboxylic acids is 1. The van der Waals surface area contributed by atoms with E-state index in [0.717, 1.165) is 31.1 Å². The lowest BCUT2D eigenvalue weighted by molar-refractivity contribution is -0.309. The molecule has 0 aromatic carbocycles. The molecule has 4 rings (SSSR count). The number of rotatable bonds is 2. The molecule has 4 aliphatic carbocycles. The average molecular weight is 272 g/mol. The van der Waals surface area contributed by atoms with Crippen LogP contribution in [0.4, 0.5) is 0 Å². The second-order valence-electron chi connectivity index (χ2n) is 6.16. The third kappa shape index (κ3) is 1.63. The van der Waals surface area contributed by atoms with Crippen molar-refractivity contribution in [3.05, 3.63) is 0 Å². The summed E-state index contributed by atoms with van der Waals surface area (Å²) in [6, 6.07) is 0. The molecule has 0 aromatic rings. The highest BCUT2D eigenvalue weighted by atomic mass is 79.9. The lowest BCUT2D eigenvalue weighted by atomic mass is 9.49. The Morgan fingerprint density at radius 3 is 2.33 bits per heavy atom. The number of carboxylic acid groups (broad SMARTS) is 1. The van der Waals surface area contributed by atoms with Gasteiger partial charge in [-0.25, -0.2) is 0 Å². The van der Waals surface area contributed by atoms with Gasteiger partial charge in [-0.15, -0.1) is 0 Å². The van der Waals surface area contributed by atoms with Gasteiger partial charge >= 0.3 is 0 Å². The fraction of sp³-hybridized carbons (Fsp3) is 0.917. The minimum Gasteiger partial charge on any atom is -0.550 e. The molecule has 2 unspecified atom stereocenters. The van der Waals surface area contributed by atoms with E-state index in [1.807, 2.05) is 0 Å². The molecule has 2 nitrogen and oxygen atoms in total. The van der Waals surface area contributed by atoms with Crippen molar-refractivity contribution in [3.63, 3.8) is 0 Å². The van der Waals surface area contributed by atoms with Gasteiger partial charge in [-0.1, -0.05) is 15.9 Å². The standard InChI is InChI=1S/C12H17BrO2/c13-12-4-8-1-9(5-12)3-11(2-8,7-12)6-10(14)15/h8-9H,1-7H2,(H,14,15)/p-1. The van der Waals surface area contributed by atoms with E-state index in [0.29, 0.717) is 0 Å². The van der Waals surface area contributed by atoms with Gasteiger partial charge in [-0.3, -0.25) is 0 Å². The maximum absolute atomic E-state index is 10.9. The lowest BCUT2D eigenvalue weighted by Crippen LogP contribution is -2.54. The Morgan fingerprint density at radius 1 is 1.27 bits per heavy atom. The highest BCUT2D eigenvalue weighted by Gasteiger charge is 2.56. The maximum atomic E-state index is 10.9. The molecule has 2 atom stereocenters. The molecule has 4 saturated carbocycles. The molecule has 0 radical (unpaired) electrons. The van der Waals surface area contributed by atoms with Crippen LogP contribution in [0.25, 0.3) is 0 Å². The fourth-order valence-corrected chi connectivity index (χ4v) is 6.36. The molecule has 0 saturated heterocycles. The van der Waals surface area contributed by atoms with Crippen molar-refractivity contribution in [1.82, 2.24) is 0 Å². The molecule has 84 valence electrons. The quantitative estimate of drug-likeness (QED) is 0.720. The minimum atomic E-state index is -0.854. The van der Waals surface area contributed by atoms with Crippen molar-refractivity contribution in [2.45, 2.75) is 49.3 Å². The molecule has 0 aliphatic heterocycles. The van der Waals surface area contributed by atoms with Crippen LogP contribution in [-0.4, -0.2) is 10.3 Å². The fourth-order valence-electron chi connectivity index (χ4n) is 4.85. The number of alkyl halides is 1. The molecule has 3 heteroatoms. The predicted molar refractivity (Wildman–Crippen MR) is 58.4 cm³/mol. The summed E-state index contributed by atoms with van der Waals surface area (Å²) in [5.74, 6) is 0.683. The second kappa shape index (κ2) is 2.99. The van der Waals surface area contributed by atoms with E-state index in [1.165, 1.54) is 19.3 Å². The van der Waals surface area contributed by atoms with Gasteiger partial charge in [-0.2, -0.15) is 0 Å². The van der Waals surface area contributed by atoms with Gasteiger partial charge in [0, 0.05) is 10.3 Å². The summed E-state index contributed by atoms with van der Waals surface area (Å²) in [6.07, 6.45) is 7.46. The molecule has 4 bridgehead atoms. The molecule has 15 heavy (non-hydrogen) atoms. The van der Waals surface area contributed by atoms with E-state index in [2.05, 4.69) is 15.9 Å². The normalized spacial score (nSPS) is 52.1. The first-order valence-corrected chi connectivity index (χ1v) is 6.67. The first kappa shape index (κ1) is 10.1. The first-order chi connectivity index (χ1) is 6.99. The number of hydrogen-bond acceptors (Lipinski definition) is 2. The zero-order valence-corrected chi connectivity index (χ0v) is 10.4. The smallest absolute Gasteiger partial charge is 0.0419 e. The summed E-state index contributed by atoms with van der Waals surface area (Å²) in [6.45, 7) is 0. The van der Waals surface area contributed by atoms with Gasteiger partial charge in [-0.05, 0) is 62.2 Å². The number of halogens is 1. The summed E-state index contributed by atoms with van der Waals surface area (Å²) in [4.78, 5) is 10.9. The van der Waals surface area contributed by atoms with Crippen LogP contribution in [0.2, 0.25) is 0 Å². The van der Waals surface area contributed by atoms with E-state index in [-0.39, 0.29) is 16.2 Å². The molecule has 0 spiro atoms. The average Bonchev–Trinajstić information content (AvgIpc) is 1.94. The summed E-state index contributed by atoms with van der Waals surface area (Å²) < 4.78 is 0.270. The van der Waals surface area contributed by atoms with Crippen molar-refractivity contribution < 1.29 is 9.90 Å². The predicted octanol–water partition coefficient (Wildman–Crippen LogP) is 1.86. The van der Waals surface area contributed by atoms with Crippen LogP contribution < -0.4 is 5.11 Å². The SMILES string of the molecule is O=C([O-])CC12CC3CC(CC(Br)(C3)C1)C2. The summed E-state index contributed by atoms with van der Waals surface area (Å²) in [5.41, 5.74) is 0.0758. The molecule has 4 aliphatic rings. The van der Waals surface area contributed by atoms with Crippen LogP contribution in [0.5, 0.6) is 0 Å². The Labute approximate surface area is 98.6 Å². The number of carbonyl (C=O) groups excluding carboxylic acids is 1. The van der Waals surface area contributed by atoms with Crippen LogP contribution in [0.3, 0.4) is 0 Å². The molecular weight excluding hydrogens is 256 g/mol. The summed E-state index contributed by atoms with van der Waals surface area (Å²) in [7, 11) is 0. The van der Waals surface area contributed by atoms with E-state index in [4.69, 9.17) is 0 Å². The molecule has 0 amide bonds. The van der Waals surface area contributed by atoms with Crippen molar-refractivity contribution in [2.75, 3.05) is 0 Å². The van der Waals surface area contributed by atoms with Crippen molar-refractivity contribution >= 4 is 21.9 Å². The largest absolute Gasteiger partial charge is 0.550 e. The van der Waals surface area contributed by atoms with Crippen LogP contribution in [0.15, 0.2) is 0 Å². The van der Waals surface area contributed by atoms with Crippen molar-refractivity contribution in [3.8, 4) is 0 Å². The Kier molecular flexibility index (Phi) is 2.02. The third-order valence-electron chi connectivity index (χ3n) is 4.63. The molecule has 0 aromatic heterocycles. The highest BCUT2D eigenvalue weighted by Crippen LogP contribution is 2.65. The monoisotopic (exact) mass is 271 g/mol. The van der Waals surface area contributed by atoms with Gasteiger partial charge in [0.05, 0.1) is 0 Å². The first-order valence-electron chi connectivity index (χ1n) is 5.88. The van der Waals surface area contributed by atoms with E-state index in [9.17, 15) is 9.90 Å². The number of hydrogen-bond donors (Lipinski definition) is 0. The molecular formula is C12H16BrO2-. The van der Waals surface area contributed by atoms with Crippen molar-refractivity contribution in [2.24, 2.45) is 17.3 Å². The van der Waals surface area contributed by atoms with Crippen LogP contribution in [0.1, 0.15) is 44.9 Å². The third-order valence-corrected chi connectivity index (χ3v) is 5.56. The zero-order chi connectivity index (χ0) is 10.7. The lowest BCUT2D eigenvalue weighted by Gasteiger charge is -2.60. The molecule has 0 N–H and O–H groups in total. The van der Waals surface area contributed by atoms with E-state index >= 15 is 0 Å². The van der Waals surface area contributed by atoms with Crippen LogP contribution in [-0.2, 0) is 4.79 Å². The number of carbonyl (C=O) groups is 1. The highest BCUT2D eigenvalue weighted by molar-refractivity contribution is 9.10. The van der Waals surface area contributed by atoms with Gasteiger partial charge < -0.3 is 9.90 Å². The molecule has 4 fully saturated rings. The van der Waals surface area contributed by atoms with Crippen LogP contribution in [0, 0.1) is 17.3 Å². The van der Waals surface area contributed by atoms with Gasteiger partial charge in [0.25, 0.3) is 0 Å². The summed E-state index contributed by atoms with van der Waals surface area (Å²) in [5, 5.41) is 10.9. The van der Waals surface area contributed by atoms with Crippen molar-refractivity contribution in [1.29, 1.82) is 0 Å². The minimum absolute atomic E-state index is 0.0758. The van der Waals surface area contributed by atoms with Gasteiger partial charge in [0.2, 0.25) is 0 Å². The van der Waals surface area contributed by atoms with Gasteiger partial charge in [0.15, 0.2) is 0 Å². The van der Waals surface area contributed by atoms with E-state index in [1.54, 1.807) is 0 Å². The zero-order valence-electron chi connectivity index (χ0n) is 8.80. The Morgan fingerprint density at radius 2 is 1.87 bits per heavy atom. The Balaban J connectivity index is 1.89. The summed E-state index contributed by atoms with van der Waals surface area (Å²) >= 11 is 3.87. The van der Waals surface area contributed by atoms with E-state index < -0.39 is 5.97 Å². The van der Waals surface area contributed by atoms with Gasteiger partial charge in [0.1, 0.15) is 0 Å². The van der Waals surface area contributed by atoms with Crippen LogP contribution >= 0.6 is 15.9 Å². The number of aliphatic carboxylic acids is 1. The Hall–Kier alpha value is -0.0500. The second-order valence-corrected chi connectivity index (χ2v) is 7.84.